The summed E-state index contributed by atoms with van der Waals surface area (Å²) in [6, 6.07) is 0. The van der Waals surface area contributed by atoms with Gasteiger partial charge in [0.15, 0.2) is 0 Å². The summed E-state index contributed by atoms with van der Waals surface area (Å²) in [7, 11) is -4.70. The topological polar surface area (TPSA) is 86.7 Å². The van der Waals surface area contributed by atoms with Crippen molar-refractivity contribution in [1.82, 2.24) is 0 Å². The van der Waals surface area contributed by atoms with E-state index in [0.29, 0.717) is 30.1 Å². The van der Waals surface area contributed by atoms with Gasteiger partial charge in [0.25, 0.3) is 0 Å². The van der Waals surface area contributed by atoms with Crippen molar-refractivity contribution in [3.63, 3.8) is 0 Å². The van der Waals surface area contributed by atoms with Crippen LogP contribution in [0, 0.1) is 46.3 Å². The van der Waals surface area contributed by atoms with Crippen LogP contribution in [0.15, 0.2) is 11.6 Å². The predicted molar refractivity (Wildman–Crippen MR) is 129 cm³/mol. The van der Waals surface area contributed by atoms with Gasteiger partial charge in [0.05, 0.1) is 12.2 Å². The largest absolute Gasteiger partial charge is 1.00 e. The standard InChI is InChI=1S/C27H46O5S.Na/c1-17(2)7-6-8-18(3)21-9-10-22-25-23(12-14-27(21,22)5)26(4)13-11-20(32-33(29,30)31)15-19(26)16-24(25)28;/h16-18,20-25,28H,6-15H2,1-5H3,(H,29,30,31);/q;+1/p-1/t18-,20+,21-,22+,23-,24-,25-,26+,27-;/m1./s1. The Hall–Kier alpha value is 0.570. The molecule has 0 aromatic heterocycles. The summed E-state index contributed by atoms with van der Waals surface area (Å²) in [6.07, 6.45) is 11.6. The van der Waals surface area contributed by atoms with Crippen molar-refractivity contribution >= 4 is 10.4 Å². The average Bonchev–Trinajstić information content (AvgIpc) is 3.05. The number of rotatable bonds is 7. The van der Waals surface area contributed by atoms with Crippen molar-refractivity contribution in [1.29, 1.82) is 0 Å². The molecule has 0 spiro atoms. The number of fused-ring (bicyclic) bond motifs is 5. The van der Waals surface area contributed by atoms with Crippen LogP contribution in [0.2, 0.25) is 0 Å². The van der Waals surface area contributed by atoms with Crippen molar-refractivity contribution < 1.29 is 51.8 Å². The van der Waals surface area contributed by atoms with Gasteiger partial charge in [-0.05, 0) is 91.3 Å². The summed E-state index contributed by atoms with van der Waals surface area (Å²) >= 11 is 0. The Balaban J connectivity index is 0.00000324. The number of aliphatic hydroxyl groups excluding tert-OH is 1. The zero-order valence-electron chi connectivity index (χ0n) is 22.3. The van der Waals surface area contributed by atoms with Gasteiger partial charge in [0, 0.05) is 0 Å². The molecule has 5 nitrogen and oxygen atoms in total. The van der Waals surface area contributed by atoms with Crippen molar-refractivity contribution in [2.75, 3.05) is 0 Å². The molecule has 0 bridgehead atoms. The fourth-order valence-corrected chi connectivity index (χ4v) is 9.39. The van der Waals surface area contributed by atoms with Gasteiger partial charge in [0.2, 0.25) is 10.4 Å². The fourth-order valence-electron chi connectivity index (χ4n) is 8.89. The van der Waals surface area contributed by atoms with Gasteiger partial charge >= 0.3 is 29.6 Å². The second-order valence-corrected chi connectivity index (χ2v) is 13.8. The molecular weight excluding hydrogens is 459 g/mol. The zero-order valence-corrected chi connectivity index (χ0v) is 25.1. The molecule has 0 radical (unpaired) electrons. The zero-order chi connectivity index (χ0) is 24.2. The SMILES string of the molecule is CC(C)CCC[C@@H](C)[C@H]1CC[C@H]2[C@H]3[C@H](O)C=C4C[C@@H](OS(=O)(=O)[O-])CC[C@]4(C)[C@@H]3CC[C@]12C.[Na+]. The minimum absolute atomic E-state index is 0. The third kappa shape index (κ3) is 5.54. The molecule has 0 unspecified atom stereocenters. The summed E-state index contributed by atoms with van der Waals surface area (Å²) in [5, 5.41) is 11.4. The average molecular weight is 505 g/mol. The molecule has 4 aliphatic carbocycles. The normalized spacial score (nSPS) is 42.8. The van der Waals surface area contributed by atoms with Crippen LogP contribution in [-0.2, 0) is 14.6 Å². The molecule has 0 amide bonds. The second kappa shape index (κ2) is 10.7. The first-order chi connectivity index (χ1) is 15.3. The van der Waals surface area contributed by atoms with Gasteiger partial charge in [-0.3, -0.25) is 4.18 Å². The Morgan fingerprint density at radius 2 is 1.79 bits per heavy atom. The van der Waals surface area contributed by atoms with Gasteiger partial charge in [-0.25, -0.2) is 8.42 Å². The fraction of sp³-hybridized carbons (Fsp3) is 0.926. The van der Waals surface area contributed by atoms with E-state index in [4.69, 9.17) is 4.18 Å². The molecule has 0 aliphatic heterocycles. The molecule has 34 heavy (non-hydrogen) atoms. The van der Waals surface area contributed by atoms with Crippen LogP contribution in [0.3, 0.4) is 0 Å². The number of aliphatic hydroxyl groups is 1. The van der Waals surface area contributed by atoms with Crippen LogP contribution in [0.1, 0.15) is 98.8 Å². The second-order valence-electron chi connectivity index (χ2n) is 12.8. The van der Waals surface area contributed by atoms with Gasteiger partial charge in [-0.2, -0.15) is 0 Å². The summed E-state index contributed by atoms with van der Waals surface area (Å²) in [5.74, 6) is 3.51. The summed E-state index contributed by atoms with van der Waals surface area (Å²) in [5.41, 5.74) is 1.38. The van der Waals surface area contributed by atoms with Crippen LogP contribution in [-0.4, -0.2) is 30.3 Å². The van der Waals surface area contributed by atoms with E-state index in [1.165, 1.54) is 38.5 Å². The van der Waals surface area contributed by atoms with Crippen molar-refractivity contribution in [3.8, 4) is 0 Å². The first-order valence-electron chi connectivity index (χ1n) is 13.4. The van der Waals surface area contributed by atoms with Crippen LogP contribution in [0.5, 0.6) is 0 Å². The van der Waals surface area contributed by atoms with Crippen LogP contribution >= 0.6 is 0 Å². The van der Waals surface area contributed by atoms with Gasteiger partial charge in [-0.1, -0.05) is 65.5 Å². The Morgan fingerprint density at radius 3 is 2.44 bits per heavy atom. The van der Waals surface area contributed by atoms with Crippen LogP contribution in [0.25, 0.3) is 0 Å². The molecule has 0 aromatic rings. The van der Waals surface area contributed by atoms with E-state index in [1.54, 1.807) is 0 Å². The van der Waals surface area contributed by atoms with Gasteiger partial charge in [-0.15, -0.1) is 0 Å². The van der Waals surface area contributed by atoms with Crippen LogP contribution < -0.4 is 29.6 Å². The predicted octanol–water partition coefficient (Wildman–Crippen LogP) is 2.85. The third-order valence-electron chi connectivity index (χ3n) is 10.5. The summed E-state index contributed by atoms with van der Waals surface area (Å²) < 4.78 is 38.2. The van der Waals surface area contributed by atoms with E-state index in [2.05, 4.69) is 34.6 Å². The minimum Gasteiger partial charge on any atom is -0.726 e. The maximum atomic E-state index is 11.4. The van der Waals surface area contributed by atoms with Gasteiger partial charge < -0.3 is 9.66 Å². The Kier molecular flexibility index (Phi) is 9.21. The van der Waals surface area contributed by atoms with E-state index < -0.39 is 22.6 Å². The van der Waals surface area contributed by atoms with Crippen molar-refractivity contribution in [2.24, 2.45) is 46.3 Å². The van der Waals surface area contributed by atoms with Crippen molar-refractivity contribution in [2.45, 2.75) is 111 Å². The molecule has 3 saturated carbocycles. The maximum absolute atomic E-state index is 11.4. The molecule has 0 heterocycles. The molecule has 0 saturated heterocycles. The van der Waals surface area contributed by atoms with Crippen molar-refractivity contribution in [3.05, 3.63) is 11.6 Å². The first kappa shape index (κ1) is 29.1. The summed E-state index contributed by atoms with van der Waals surface area (Å²) in [6.45, 7) is 11.9. The van der Waals surface area contributed by atoms with E-state index >= 15 is 0 Å². The molecule has 7 heteroatoms. The monoisotopic (exact) mass is 504 g/mol. The molecule has 190 valence electrons. The van der Waals surface area contributed by atoms with E-state index in [-0.39, 0.29) is 40.9 Å². The Morgan fingerprint density at radius 1 is 1.09 bits per heavy atom. The Labute approximate surface area is 230 Å². The maximum Gasteiger partial charge on any atom is 1.00 e. The Bertz CT molecular complexity index is 857. The minimum atomic E-state index is -4.70. The molecular formula is C27H45NaO5S. The molecule has 1 N–H and O–H groups in total. The van der Waals surface area contributed by atoms with Crippen LogP contribution in [0.4, 0.5) is 0 Å². The number of hydrogen-bond donors (Lipinski definition) is 1. The van der Waals surface area contributed by atoms with Gasteiger partial charge in [0.1, 0.15) is 0 Å². The smallest absolute Gasteiger partial charge is 0.726 e. The third-order valence-corrected chi connectivity index (χ3v) is 11.0. The molecule has 3 fully saturated rings. The number of hydrogen-bond acceptors (Lipinski definition) is 5. The molecule has 4 aliphatic rings. The van der Waals surface area contributed by atoms with E-state index in [1.807, 2.05) is 6.08 Å². The molecule has 4 rings (SSSR count). The molecule has 9 atom stereocenters. The van der Waals surface area contributed by atoms with E-state index in [9.17, 15) is 18.1 Å². The van der Waals surface area contributed by atoms with E-state index in [0.717, 1.165) is 36.2 Å². The molecule has 0 aromatic carbocycles. The quantitative estimate of drug-likeness (QED) is 0.249. The first-order valence-corrected chi connectivity index (χ1v) is 14.7. The summed E-state index contributed by atoms with van der Waals surface area (Å²) in [4.78, 5) is 0.